The summed E-state index contributed by atoms with van der Waals surface area (Å²) in [6, 6.07) is 5.47. The molecule has 1 aliphatic rings. The van der Waals surface area contributed by atoms with Crippen molar-refractivity contribution in [3.8, 4) is 0 Å². The van der Waals surface area contributed by atoms with Crippen molar-refractivity contribution < 1.29 is 9.53 Å². The summed E-state index contributed by atoms with van der Waals surface area (Å²) in [5.41, 5.74) is 7.97. The van der Waals surface area contributed by atoms with Crippen molar-refractivity contribution in [1.29, 1.82) is 0 Å². The van der Waals surface area contributed by atoms with E-state index in [4.69, 9.17) is 10.5 Å². The van der Waals surface area contributed by atoms with Crippen molar-refractivity contribution in [2.75, 3.05) is 25.5 Å². The van der Waals surface area contributed by atoms with Gasteiger partial charge in [0.1, 0.15) is 0 Å². The lowest BCUT2D eigenvalue weighted by Gasteiger charge is -2.38. The average molecular weight is 234 g/mol. The maximum absolute atomic E-state index is 12.0. The van der Waals surface area contributed by atoms with Gasteiger partial charge < -0.3 is 15.8 Å². The van der Waals surface area contributed by atoms with Crippen LogP contribution >= 0.6 is 0 Å². The van der Waals surface area contributed by atoms with Crippen LogP contribution in [0, 0.1) is 12.3 Å². The highest BCUT2D eigenvalue weighted by atomic mass is 16.5. The van der Waals surface area contributed by atoms with Gasteiger partial charge in [-0.15, -0.1) is 0 Å². The van der Waals surface area contributed by atoms with E-state index in [9.17, 15) is 4.79 Å². The Kier molecular flexibility index (Phi) is 3.07. The molecule has 1 heterocycles. The molecule has 1 aliphatic heterocycles. The van der Waals surface area contributed by atoms with E-state index in [2.05, 4.69) is 12.2 Å². The standard InChI is InChI=1S/C13H18N2O2/c1-9-3-4-11(14)10(5-9)12(16)15-6-13(2)7-17-8-13/h3-5H,6-8,14H2,1-2H3,(H,15,16). The van der Waals surface area contributed by atoms with Crippen LogP contribution in [0.3, 0.4) is 0 Å². The number of nitrogen functional groups attached to an aromatic ring is 1. The van der Waals surface area contributed by atoms with E-state index in [1.807, 2.05) is 19.1 Å². The van der Waals surface area contributed by atoms with Crippen molar-refractivity contribution >= 4 is 11.6 Å². The summed E-state index contributed by atoms with van der Waals surface area (Å²) in [5, 5.41) is 2.91. The zero-order valence-electron chi connectivity index (χ0n) is 10.2. The molecule has 0 saturated carbocycles. The molecule has 1 aromatic rings. The number of hydrogen-bond donors (Lipinski definition) is 2. The lowest BCUT2D eigenvalue weighted by atomic mass is 9.88. The summed E-state index contributed by atoms with van der Waals surface area (Å²) < 4.78 is 5.14. The Bertz CT molecular complexity index is 439. The van der Waals surface area contributed by atoms with Gasteiger partial charge in [0.05, 0.1) is 18.8 Å². The maximum Gasteiger partial charge on any atom is 0.253 e. The number of nitrogens with two attached hydrogens (primary N) is 1. The van der Waals surface area contributed by atoms with Crippen molar-refractivity contribution in [2.24, 2.45) is 5.41 Å². The number of amides is 1. The van der Waals surface area contributed by atoms with Gasteiger partial charge in [0.15, 0.2) is 0 Å². The molecule has 17 heavy (non-hydrogen) atoms. The SMILES string of the molecule is Cc1ccc(N)c(C(=O)NCC2(C)COC2)c1. The predicted molar refractivity (Wildman–Crippen MR) is 66.9 cm³/mol. The van der Waals surface area contributed by atoms with Gasteiger partial charge in [0.2, 0.25) is 0 Å². The number of benzene rings is 1. The zero-order valence-corrected chi connectivity index (χ0v) is 10.2. The van der Waals surface area contributed by atoms with Crippen LogP contribution in [0.4, 0.5) is 5.69 Å². The van der Waals surface area contributed by atoms with Gasteiger partial charge >= 0.3 is 0 Å². The summed E-state index contributed by atoms with van der Waals surface area (Å²) in [5.74, 6) is -0.112. The van der Waals surface area contributed by atoms with Crippen molar-refractivity contribution in [1.82, 2.24) is 5.32 Å². The molecule has 4 heteroatoms. The summed E-state index contributed by atoms with van der Waals surface area (Å²) in [4.78, 5) is 12.0. The molecular weight excluding hydrogens is 216 g/mol. The van der Waals surface area contributed by atoms with Crippen LogP contribution in [0.2, 0.25) is 0 Å². The molecule has 0 spiro atoms. The summed E-state index contributed by atoms with van der Waals surface area (Å²) >= 11 is 0. The molecule has 0 aromatic heterocycles. The number of rotatable bonds is 3. The highest BCUT2D eigenvalue weighted by Crippen LogP contribution is 2.25. The minimum absolute atomic E-state index is 0.0776. The van der Waals surface area contributed by atoms with Crippen LogP contribution in [0.15, 0.2) is 18.2 Å². The number of hydrogen-bond acceptors (Lipinski definition) is 3. The Balaban J connectivity index is 2.01. The molecule has 0 atom stereocenters. The van der Waals surface area contributed by atoms with E-state index in [1.54, 1.807) is 6.07 Å². The molecule has 0 aliphatic carbocycles. The molecule has 1 amide bonds. The third-order valence-electron chi connectivity index (χ3n) is 3.03. The average Bonchev–Trinajstić information content (AvgIpc) is 2.26. The van der Waals surface area contributed by atoms with Crippen LogP contribution in [-0.2, 0) is 4.74 Å². The van der Waals surface area contributed by atoms with E-state index in [-0.39, 0.29) is 11.3 Å². The molecule has 92 valence electrons. The number of nitrogens with one attached hydrogen (secondary N) is 1. The maximum atomic E-state index is 12.0. The Labute approximate surface area is 101 Å². The van der Waals surface area contributed by atoms with Crippen molar-refractivity contribution in [2.45, 2.75) is 13.8 Å². The number of carbonyl (C=O) groups excluding carboxylic acids is 1. The minimum Gasteiger partial charge on any atom is -0.398 e. The van der Waals surface area contributed by atoms with Gasteiger partial charge in [-0.25, -0.2) is 0 Å². The van der Waals surface area contributed by atoms with E-state index in [0.717, 1.165) is 5.56 Å². The first-order valence-electron chi connectivity index (χ1n) is 5.72. The molecule has 1 aromatic carbocycles. The Hall–Kier alpha value is -1.55. The Morgan fingerprint density at radius 3 is 2.82 bits per heavy atom. The fourth-order valence-electron chi connectivity index (χ4n) is 1.81. The first-order valence-corrected chi connectivity index (χ1v) is 5.72. The van der Waals surface area contributed by atoms with Crippen molar-refractivity contribution in [3.63, 3.8) is 0 Å². The second-order valence-electron chi connectivity index (χ2n) is 5.08. The molecule has 0 unspecified atom stereocenters. The number of carbonyl (C=O) groups is 1. The third-order valence-corrected chi connectivity index (χ3v) is 3.03. The zero-order chi connectivity index (χ0) is 12.5. The quantitative estimate of drug-likeness (QED) is 0.776. The Morgan fingerprint density at radius 1 is 1.53 bits per heavy atom. The van der Waals surface area contributed by atoms with Gasteiger partial charge in [-0.1, -0.05) is 18.6 Å². The molecule has 1 saturated heterocycles. The lowest BCUT2D eigenvalue weighted by Crippen LogP contribution is -2.48. The third kappa shape index (κ3) is 2.58. The van der Waals surface area contributed by atoms with E-state index >= 15 is 0 Å². The molecular formula is C13H18N2O2. The molecule has 3 N–H and O–H groups in total. The molecule has 4 nitrogen and oxygen atoms in total. The predicted octanol–water partition coefficient (Wildman–Crippen LogP) is 1.34. The first-order chi connectivity index (χ1) is 8.00. The van der Waals surface area contributed by atoms with Crippen LogP contribution in [0.25, 0.3) is 0 Å². The van der Waals surface area contributed by atoms with Crippen LogP contribution < -0.4 is 11.1 Å². The lowest BCUT2D eigenvalue weighted by molar-refractivity contribution is -0.0978. The minimum atomic E-state index is -0.112. The van der Waals surface area contributed by atoms with E-state index in [1.165, 1.54) is 0 Å². The second kappa shape index (κ2) is 4.37. The molecule has 2 rings (SSSR count). The van der Waals surface area contributed by atoms with Crippen LogP contribution in [0.1, 0.15) is 22.8 Å². The highest BCUT2D eigenvalue weighted by molar-refractivity contribution is 5.99. The number of ether oxygens (including phenoxy) is 1. The summed E-state index contributed by atoms with van der Waals surface area (Å²) in [6.45, 7) is 6.07. The van der Waals surface area contributed by atoms with Gasteiger partial charge in [-0.2, -0.15) is 0 Å². The van der Waals surface area contributed by atoms with Crippen LogP contribution in [-0.4, -0.2) is 25.7 Å². The van der Waals surface area contributed by atoms with Crippen molar-refractivity contribution in [3.05, 3.63) is 29.3 Å². The number of aryl methyl sites for hydroxylation is 1. The fraction of sp³-hybridized carbons (Fsp3) is 0.462. The van der Waals surface area contributed by atoms with Gasteiger partial charge in [0.25, 0.3) is 5.91 Å². The van der Waals surface area contributed by atoms with E-state index in [0.29, 0.717) is 31.0 Å². The second-order valence-corrected chi connectivity index (χ2v) is 5.08. The normalized spacial score (nSPS) is 17.3. The van der Waals surface area contributed by atoms with Gasteiger partial charge in [-0.05, 0) is 19.1 Å². The van der Waals surface area contributed by atoms with Crippen LogP contribution in [0.5, 0.6) is 0 Å². The smallest absolute Gasteiger partial charge is 0.253 e. The Morgan fingerprint density at radius 2 is 2.24 bits per heavy atom. The number of anilines is 1. The van der Waals surface area contributed by atoms with Gasteiger partial charge in [0, 0.05) is 17.6 Å². The highest BCUT2D eigenvalue weighted by Gasteiger charge is 2.33. The molecule has 0 radical (unpaired) electrons. The van der Waals surface area contributed by atoms with Gasteiger partial charge in [-0.3, -0.25) is 4.79 Å². The first kappa shape index (κ1) is 11.9. The summed E-state index contributed by atoms with van der Waals surface area (Å²) in [6.07, 6.45) is 0. The molecule has 0 bridgehead atoms. The monoisotopic (exact) mass is 234 g/mol. The largest absolute Gasteiger partial charge is 0.398 e. The fourth-order valence-corrected chi connectivity index (χ4v) is 1.81. The molecule has 1 fully saturated rings. The topological polar surface area (TPSA) is 64.4 Å². The van der Waals surface area contributed by atoms with E-state index < -0.39 is 0 Å². The summed E-state index contributed by atoms with van der Waals surface area (Å²) in [7, 11) is 0.